The quantitative estimate of drug-likeness (QED) is 0.889. The van der Waals surface area contributed by atoms with Crippen LogP contribution >= 0.6 is 0 Å². The molecule has 0 aliphatic heterocycles. The van der Waals surface area contributed by atoms with Gasteiger partial charge in [-0.2, -0.15) is 0 Å². The molecule has 6 nitrogen and oxygen atoms in total. The molecule has 1 aliphatic rings. The van der Waals surface area contributed by atoms with Crippen LogP contribution in [0.2, 0.25) is 0 Å². The van der Waals surface area contributed by atoms with Gasteiger partial charge >= 0.3 is 5.97 Å². The molecule has 1 fully saturated rings. The molecule has 0 aromatic carbocycles. The van der Waals surface area contributed by atoms with Crippen LogP contribution < -0.4 is 5.32 Å². The Morgan fingerprint density at radius 3 is 2.85 bits per heavy atom. The molecule has 2 atom stereocenters. The summed E-state index contributed by atoms with van der Waals surface area (Å²) in [6.45, 7) is 0. The van der Waals surface area contributed by atoms with Crippen molar-refractivity contribution in [2.24, 2.45) is 5.92 Å². The summed E-state index contributed by atoms with van der Waals surface area (Å²) in [5.41, 5.74) is 1.30. The summed E-state index contributed by atoms with van der Waals surface area (Å²) in [6.07, 6.45) is 6.83. The summed E-state index contributed by atoms with van der Waals surface area (Å²) in [4.78, 5) is 24.0. The number of carboxylic acids is 1. The third-order valence-electron chi connectivity index (χ3n) is 3.75. The van der Waals surface area contributed by atoms with Gasteiger partial charge in [-0.05, 0) is 25.0 Å². The summed E-state index contributed by atoms with van der Waals surface area (Å²) < 4.78 is 0. The molecule has 6 heteroatoms. The molecule has 104 valence electrons. The third-order valence-corrected chi connectivity index (χ3v) is 3.75. The number of nitrogens with one attached hydrogen (secondary N) is 1. The van der Waals surface area contributed by atoms with E-state index in [0.717, 1.165) is 31.2 Å². The average Bonchev–Trinajstić information content (AvgIpc) is 2.47. The van der Waals surface area contributed by atoms with Gasteiger partial charge in [-0.25, -0.2) is 9.97 Å². The van der Waals surface area contributed by atoms with E-state index in [-0.39, 0.29) is 12.0 Å². The molecular weight excluding hydrogens is 256 g/mol. The molecule has 2 aromatic rings. The molecule has 1 saturated carbocycles. The summed E-state index contributed by atoms with van der Waals surface area (Å²) in [7, 11) is 0. The van der Waals surface area contributed by atoms with Crippen LogP contribution in [0.3, 0.4) is 0 Å². The SMILES string of the molecule is O=C(O)C1CCCCC1Nc1ccc2nccnc2n1. The van der Waals surface area contributed by atoms with Crippen LogP contribution in [0, 0.1) is 5.92 Å². The zero-order valence-corrected chi connectivity index (χ0v) is 11.0. The van der Waals surface area contributed by atoms with E-state index < -0.39 is 5.97 Å². The standard InChI is InChI=1S/C14H16N4O2/c19-14(20)9-3-1-2-4-10(9)17-12-6-5-11-13(18-12)16-8-7-15-11/h5-10H,1-4H2,(H,19,20)(H,16,17,18). The molecule has 2 aromatic heterocycles. The Balaban J connectivity index is 1.82. The number of aromatic nitrogens is 3. The van der Waals surface area contributed by atoms with Gasteiger partial charge in [-0.3, -0.25) is 9.78 Å². The van der Waals surface area contributed by atoms with Gasteiger partial charge < -0.3 is 10.4 Å². The van der Waals surface area contributed by atoms with Crippen LogP contribution in [-0.4, -0.2) is 32.1 Å². The van der Waals surface area contributed by atoms with Crippen molar-refractivity contribution in [3.63, 3.8) is 0 Å². The Morgan fingerprint density at radius 2 is 2.00 bits per heavy atom. The maximum atomic E-state index is 11.3. The fraction of sp³-hybridized carbons (Fsp3) is 0.429. The van der Waals surface area contributed by atoms with E-state index >= 15 is 0 Å². The number of hydrogen-bond donors (Lipinski definition) is 2. The predicted molar refractivity (Wildman–Crippen MR) is 74.3 cm³/mol. The van der Waals surface area contributed by atoms with Crippen molar-refractivity contribution in [2.75, 3.05) is 5.32 Å². The van der Waals surface area contributed by atoms with Crippen molar-refractivity contribution >= 4 is 23.0 Å². The van der Waals surface area contributed by atoms with Gasteiger partial charge in [0, 0.05) is 18.4 Å². The number of carbonyl (C=O) groups is 1. The molecule has 0 amide bonds. The van der Waals surface area contributed by atoms with E-state index in [2.05, 4.69) is 20.3 Å². The van der Waals surface area contributed by atoms with E-state index in [9.17, 15) is 9.90 Å². The highest BCUT2D eigenvalue weighted by Gasteiger charge is 2.30. The van der Waals surface area contributed by atoms with Crippen LogP contribution in [-0.2, 0) is 4.79 Å². The molecule has 2 unspecified atom stereocenters. The minimum absolute atomic E-state index is 0.0668. The first kappa shape index (κ1) is 12.8. The Morgan fingerprint density at radius 1 is 1.20 bits per heavy atom. The number of hydrogen-bond acceptors (Lipinski definition) is 5. The van der Waals surface area contributed by atoms with Gasteiger partial charge in [0.2, 0.25) is 0 Å². The molecule has 0 spiro atoms. The Hall–Kier alpha value is -2.24. The first-order chi connectivity index (χ1) is 9.74. The fourth-order valence-corrected chi connectivity index (χ4v) is 2.72. The lowest BCUT2D eigenvalue weighted by Gasteiger charge is -2.29. The lowest BCUT2D eigenvalue weighted by molar-refractivity contribution is -0.143. The van der Waals surface area contributed by atoms with Crippen molar-refractivity contribution in [3.8, 4) is 0 Å². The fourth-order valence-electron chi connectivity index (χ4n) is 2.72. The summed E-state index contributed by atoms with van der Waals surface area (Å²) in [5.74, 6) is -0.415. The first-order valence-electron chi connectivity index (χ1n) is 6.81. The molecule has 0 radical (unpaired) electrons. The first-order valence-corrected chi connectivity index (χ1v) is 6.81. The predicted octanol–water partition coefficient (Wildman–Crippen LogP) is 2.08. The number of rotatable bonds is 3. The van der Waals surface area contributed by atoms with Crippen LogP contribution in [0.25, 0.3) is 11.2 Å². The number of carboxylic acid groups (broad SMARTS) is 1. The zero-order chi connectivity index (χ0) is 13.9. The average molecular weight is 272 g/mol. The number of aliphatic carboxylic acids is 1. The van der Waals surface area contributed by atoms with Crippen LogP contribution in [0.5, 0.6) is 0 Å². The van der Waals surface area contributed by atoms with E-state index in [1.54, 1.807) is 12.4 Å². The van der Waals surface area contributed by atoms with Gasteiger partial charge in [0.15, 0.2) is 5.65 Å². The third kappa shape index (κ3) is 2.54. The van der Waals surface area contributed by atoms with Gasteiger partial charge in [0.25, 0.3) is 0 Å². The largest absolute Gasteiger partial charge is 0.481 e. The molecule has 20 heavy (non-hydrogen) atoms. The van der Waals surface area contributed by atoms with E-state index in [4.69, 9.17) is 0 Å². The summed E-state index contributed by atoms with van der Waals surface area (Å²) in [6, 6.07) is 3.60. The number of pyridine rings is 1. The number of fused-ring (bicyclic) bond motifs is 1. The van der Waals surface area contributed by atoms with Gasteiger partial charge in [-0.15, -0.1) is 0 Å². The molecule has 0 bridgehead atoms. The second-order valence-corrected chi connectivity index (χ2v) is 5.08. The summed E-state index contributed by atoms with van der Waals surface area (Å²) in [5, 5.41) is 12.5. The molecule has 0 saturated heterocycles. The van der Waals surface area contributed by atoms with E-state index in [1.807, 2.05) is 12.1 Å². The Labute approximate surface area is 116 Å². The number of anilines is 1. The lowest BCUT2D eigenvalue weighted by atomic mass is 9.84. The summed E-state index contributed by atoms with van der Waals surface area (Å²) >= 11 is 0. The van der Waals surface area contributed by atoms with Crippen LogP contribution in [0.1, 0.15) is 25.7 Å². The van der Waals surface area contributed by atoms with Crippen molar-refractivity contribution in [3.05, 3.63) is 24.5 Å². The second kappa shape index (κ2) is 5.40. The lowest BCUT2D eigenvalue weighted by Crippen LogP contribution is -2.37. The second-order valence-electron chi connectivity index (χ2n) is 5.08. The van der Waals surface area contributed by atoms with Crippen molar-refractivity contribution in [1.29, 1.82) is 0 Å². The minimum Gasteiger partial charge on any atom is -0.481 e. The maximum Gasteiger partial charge on any atom is 0.308 e. The minimum atomic E-state index is -0.734. The van der Waals surface area contributed by atoms with Gasteiger partial charge in [-0.1, -0.05) is 12.8 Å². The normalized spacial score (nSPS) is 22.6. The molecule has 2 heterocycles. The Bertz CT molecular complexity index is 631. The molecule has 2 N–H and O–H groups in total. The smallest absolute Gasteiger partial charge is 0.308 e. The number of nitrogens with zero attached hydrogens (tertiary/aromatic N) is 3. The van der Waals surface area contributed by atoms with E-state index in [1.165, 1.54) is 0 Å². The topological polar surface area (TPSA) is 88.0 Å². The highest BCUT2D eigenvalue weighted by atomic mass is 16.4. The van der Waals surface area contributed by atoms with Gasteiger partial charge in [0.1, 0.15) is 11.3 Å². The molecule has 1 aliphatic carbocycles. The van der Waals surface area contributed by atoms with Crippen molar-refractivity contribution < 1.29 is 9.90 Å². The van der Waals surface area contributed by atoms with Crippen molar-refractivity contribution in [1.82, 2.24) is 15.0 Å². The highest BCUT2D eigenvalue weighted by Crippen LogP contribution is 2.27. The molecular formula is C14H16N4O2. The van der Waals surface area contributed by atoms with E-state index in [0.29, 0.717) is 11.5 Å². The monoisotopic (exact) mass is 272 g/mol. The Kier molecular flexibility index (Phi) is 3.45. The van der Waals surface area contributed by atoms with Gasteiger partial charge in [0.05, 0.1) is 5.92 Å². The van der Waals surface area contributed by atoms with Crippen LogP contribution in [0.4, 0.5) is 5.82 Å². The van der Waals surface area contributed by atoms with Crippen LogP contribution in [0.15, 0.2) is 24.5 Å². The highest BCUT2D eigenvalue weighted by molar-refractivity contribution is 5.73. The molecule has 3 rings (SSSR count). The zero-order valence-electron chi connectivity index (χ0n) is 11.0. The van der Waals surface area contributed by atoms with Crippen molar-refractivity contribution in [2.45, 2.75) is 31.7 Å². The maximum absolute atomic E-state index is 11.3.